The molecule has 0 radical (unpaired) electrons. The zero-order valence-corrected chi connectivity index (χ0v) is 17.1. The van der Waals surface area contributed by atoms with Gasteiger partial charge in [-0.15, -0.1) is 23.7 Å². The first-order valence-electron chi connectivity index (χ1n) is 9.43. The van der Waals surface area contributed by atoms with Gasteiger partial charge in [0.25, 0.3) is 0 Å². The van der Waals surface area contributed by atoms with Gasteiger partial charge in [0.15, 0.2) is 0 Å². The first-order chi connectivity index (χ1) is 11.7. The molecule has 2 aliphatic heterocycles. The zero-order chi connectivity index (χ0) is 16.9. The summed E-state index contributed by atoms with van der Waals surface area (Å²) in [7, 11) is 2.02. The predicted octanol–water partition coefficient (Wildman–Crippen LogP) is 3.54. The third-order valence-corrected chi connectivity index (χ3v) is 6.74. The van der Waals surface area contributed by atoms with Crippen LogP contribution < -0.4 is 5.32 Å². The van der Waals surface area contributed by atoms with Crippen LogP contribution in [0.4, 0.5) is 0 Å². The van der Waals surface area contributed by atoms with E-state index in [1.165, 1.54) is 24.1 Å². The maximum Gasteiger partial charge on any atom is 0.240 e. The molecule has 2 unspecified atom stereocenters. The molecule has 0 bridgehead atoms. The zero-order valence-electron chi connectivity index (χ0n) is 15.4. The number of piperidine rings is 1. The maximum absolute atomic E-state index is 13.1. The lowest BCUT2D eigenvalue weighted by Crippen LogP contribution is -2.49. The predicted molar refractivity (Wildman–Crippen MR) is 108 cm³/mol. The van der Waals surface area contributed by atoms with E-state index in [1.807, 2.05) is 7.05 Å². The Hall–Kier alpha value is -0.620. The Morgan fingerprint density at radius 1 is 1.32 bits per heavy atom. The SMILES string of the molecule is CNCCC1CCN(C(C)C(=O)N2CCCC2c2cccs2)CC1.Cl. The van der Waals surface area contributed by atoms with Crippen molar-refractivity contribution in [2.24, 2.45) is 5.92 Å². The topological polar surface area (TPSA) is 35.6 Å². The van der Waals surface area contributed by atoms with E-state index in [-0.39, 0.29) is 18.4 Å². The lowest BCUT2D eigenvalue weighted by Gasteiger charge is -2.37. The average Bonchev–Trinajstić information content (AvgIpc) is 3.29. The monoisotopic (exact) mass is 385 g/mol. The van der Waals surface area contributed by atoms with Crippen LogP contribution in [0.2, 0.25) is 0 Å². The van der Waals surface area contributed by atoms with E-state index < -0.39 is 0 Å². The van der Waals surface area contributed by atoms with Crippen molar-refractivity contribution in [3.8, 4) is 0 Å². The van der Waals surface area contributed by atoms with Crippen LogP contribution >= 0.6 is 23.7 Å². The minimum Gasteiger partial charge on any atom is -0.333 e. The Bertz CT molecular complexity index is 517. The molecule has 142 valence electrons. The van der Waals surface area contributed by atoms with Crippen LogP contribution in [0.3, 0.4) is 0 Å². The fourth-order valence-electron chi connectivity index (χ4n) is 4.18. The Morgan fingerprint density at radius 2 is 2.08 bits per heavy atom. The van der Waals surface area contributed by atoms with E-state index in [2.05, 4.69) is 39.6 Å². The second kappa shape index (κ2) is 9.91. The number of halogens is 1. The van der Waals surface area contributed by atoms with Crippen molar-refractivity contribution in [2.45, 2.75) is 51.1 Å². The minimum atomic E-state index is 0. The molecule has 2 saturated heterocycles. The number of rotatable bonds is 6. The van der Waals surface area contributed by atoms with Gasteiger partial charge in [-0.3, -0.25) is 9.69 Å². The Labute approximate surface area is 162 Å². The molecule has 2 aliphatic rings. The maximum atomic E-state index is 13.1. The summed E-state index contributed by atoms with van der Waals surface area (Å²) in [5, 5.41) is 5.37. The third-order valence-electron chi connectivity index (χ3n) is 5.76. The average molecular weight is 386 g/mol. The van der Waals surface area contributed by atoms with Crippen molar-refractivity contribution in [1.82, 2.24) is 15.1 Å². The van der Waals surface area contributed by atoms with Crippen LogP contribution in [0.5, 0.6) is 0 Å². The molecule has 2 atom stereocenters. The molecule has 1 aromatic heterocycles. The number of amides is 1. The highest BCUT2D eigenvalue weighted by Crippen LogP contribution is 2.35. The lowest BCUT2D eigenvalue weighted by molar-refractivity contribution is -0.138. The fraction of sp³-hybridized carbons (Fsp3) is 0.737. The number of thiophene rings is 1. The molecule has 0 aliphatic carbocycles. The van der Waals surface area contributed by atoms with Crippen LogP contribution in [0, 0.1) is 5.92 Å². The number of nitrogens with one attached hydrogen (secondary N) is 1. The normalized spacial score (nSPS) is 23.4. The van der Waals surface area contributed by atoms with Crippen molar-refractivity contribution in [1.29, 1.82) is 0 Å². The van der Waals surface area contributed by atoms with Gasteiger partial charge in [-0.1, -0.05) is 6.07 Å². The summed E-state index contributed by atoms with van der Waals surface area (Å²) in [5.41, 5.74) is 0. The van der Waals surface area contributed by atoms with Gasteiger partial charge in [-0.05, 0) is 83.1 Å². The second-order valence-corrected chi connectivity index (χ2v) is 8.23. The van der Waals surface area contributed by atoms with Crippen LogP contribution in [-0.4, -0.2) is 55.0 Å². The summed E-state index contributed by atoms with van der Waals surface area (Å²) in [4.78, 5) is 19.0. The molecule has 6 heteroatoms. The Balaban J connectivity index is 0.00000225. The van der Waals surface area contributed by atoms with Gasteiger partial charge in [-0.2, -0.15) is 0 Å². The highest BCUT2D eigenvalue weighted by molar-refractivity contribution is 7.10. The van der Waals surface area contributed by atoms with E-state index in [0.29, 0.717) is 11.9 Å². The van der Waals surface area contributed by atoms with E-state index in [9.17, 15) is 4.79 Å². The molecule has 0 aromatic carbocycles. The fourth-order valence-corrected chi connectivity index (χ4v) is 5.05. The summed E-state index contributed by atoms with van der Waals surface area (Å²) in [5.74, 6) is 1.15. The van der Waals surface area contributed by atoms with Gasteiger partial charge < -0.3 is 10.2 Å². The molecule has 1 amide bonds. The number of hydrogen-bond donors (Lipinski definition) is 1. The third kappa shape index (κ3) is 4.97. The first-order valence-corrected chi connectivity index (χ1v) is 10.3. The summed E-state index contributed by atoms with van der Waals surface area (Å²) >= 11 is 1.78. The van der Waals surface area contributed by atoms with E-state index >= 15 is 0 Å². The molecule has 25 heavy (non-hydrogen) atoms. The molecule has 0 spiro atoms. The van der Waals surface area contributed by atoms with Crippen molar-refractivity contribution < 1.29 is 4.79 Å². The smallest absolute Gasteiger partial charge is 0.240 e. The standard InChI is InChI=1S/C19H31N3OS.ClH/c1-15(21-12-8-16(9-13-21)7-10-20-2)19(23)22-11-3-5-17(22)18-6-4-14-24-18;/h4,6,14-17,20H,3,5,7-13H2,1-2H3;1H. The van der Waals surface area contributed by atoms with Crippen LogP contribution in [0.1, 0.15) is 49.9 Å². The van der Waals surface area contributed by atoms with Gasteiger partial charge in [0, 0.05) is 11.4 Å². The Morgan fingerprint density at radius 3 is 2.72 bits per heavy atom. The van der Waals surface area contributed by atoms with Crippen molar-refractivity contribution >= 4 is 29.7 Å². The number of likely N-dealkylation sites (tertiary alicyclic amines) is 2. The molecule has 3 heterocycles. The lowest BCUT2D eigenvalue weighted by atomic mass is 9.92. The molecule has 3 rings (SSSR count). The van der Waals surface area contributed by atoms with E-state index in [1.54, 1.807) is 11.3 Å². The molecule has 4 nitrogen and oxygen atoms in total. The van der Waals surface area contributed by atoms with Gasteiger partial charge in [0.05, 0.1) is 12.1 Å². The highest BCUT2D eigenvalue weighted by atomic mass is 35.5. The molecule has 0 saturated carbocycles. The van der Waals surface area contributed by atoms with E-state index in [0.717, 1.165) is 44.9 Å². The number of nitrogens with zero attached hydrogens (tertiary/aromatic N) is 2. The van der Waals surface area contributed by atoms with Crippen molar-refractivity contribution in [2.75, 3.05) is 33.2 Å². The van der Waals surface area contributed by atoms with Crippen LogP contribution in [-0.2, 0) is 4.79 Å². The highest BCUT2D eigenvalue weighted by Gasteiger charge is 2.35. The van der Waals surface area contributed by atoms with E-state index in [4.69, 9.17) is 0 Å². The van der Waals surface area contributed by atoms with Crippen molar-refractivity contribution in [3.63, 3.8) is 0 Å². The molecular formula is C19H32ClN3OS. The molecule has 2 fully saturated rings. The number of hydrogen-bond acceptors (Lipinski definition) is 4. The summed E-state index contributed by atoms with van der Waals surface area (Å²) in [6.45, 7) is 6.28. The van der Waals surface area contributed by atoms with Crippen molar-refractivity contribution in [3.05, 3.63) is 22.4 Å². The van der Waals surface area contributed by atoms with Crippen LogP contribution in [0.25, 0.3) is 0 Å². The van der Waals surface area contributed by atoms with Gasteiger partial charge >= 0.3 is 0 Å². The summed E-state index contributed by atoms with van der Waals surface area (Å²) in [6, 6.07) is 4.61. The van der Waals surface area contributed by atoms with Gasteiger partial charge in [-0.25, -0.2) is 0 Å². The molecule has 1 aromatic rings. The quantitative estimate of drug-likeness (QED) is 0.813. The minimum absolute atomic E-state index is 0. The molecular weight excluding hydrogens is 354 g/mol. The first kappa shape index (κ1) is 20.7. The van der Waals surface area contributed by atoms with Gasteiger partial charge in [0.2, 0.25) is 5.91 Å². The number of carbonyl (C=O) groups is 1. The van der Waals surface area contributed by atoms with Gasteiger partial charge in [0.1, 0.15) is 0 Å². The van der Waals surface area contributed by atoms with Crippen LogP contribution in [0.15, 0.2) is 17.5 Å². The number of carbonyl (C=O) groups excluding carboxylic acids is 1. The second-order valence-electron chi connectivity index (χ2n) is 7.25. The summed E-state index contributed by atoms with van der Waals surface area (Å²) < 4.78 is 0. The largest absolute Gasteiger partial charge is 0.333 e. The Kier molecular flexibility index (Phi) is 8.20. The molecule has 1 N–H and O–H groups in total. The summed E-state index contributed by atoms with van der Waals surface area (Å²) in [6.07, 6.45) is 5.97.